The van der Waals surface area contributed by atoms with Crippen molar-refractivity contribution in [3.05, 3.63) is 56.7 Å². The van der Waals surface area contributed by atoms with Gasteiger partial charge < -0.3 is 5.32 Å². The van der Waals surface area contributed by atoms with Crippen molar-refractivity contribution in [3.8, 4) is 0 Å². The summed E-state index contributed by atoms with van der Waals surface area (Å²) < 4.78 is 24.8. The van der Waals surface area contributed by atoms with E-state index < -0.39 is 26.4 Å². The average molecular weight is 510 g/mol. The van der Waals surface area contributed by atoms with Gasteiger partial charge in [0.1, 0.15) is 10.7 Å². The zero-order chi connectivity index (χ0) is 22.6. The molecule has 1 heterocycles. The lowest BCUT2D eigenvalue weighted by Crippen LogP contribution is -2.34. The van der Waals surface area contributed by atoms with Crippen molar-refractivity contribution in [1.29, 1.82) is 0 Å². The summed E-state index contributed by atoms with van der Waals surface area (Å²) in [6.07, 6.45) is 11.5. The van der Waals surface area contributed by atoms with Gasteiger partial charge >= 0.3 is 0 Å². The number of allylic oxidation sites excluding steroid dienone is 2. The molecule has 0 radical (unpaired) electrons. The summed E-state index contributed by atoms with van der Waals surface area (Å²) in [6, 6.07) is 3.95. The van der Waals surface area contributed by atoms with Crippen molar-refractivity contribution < 1.29 is 18.1 Å². The molecule has 1 aliphatic heterocycles. The number of amides is 1. The molecule has 8 nitrogen and oxygen atoms in total. The first kappa shape index (κ1) is 23.3. The van der Waals surface area contributed by atoms with Gasteiger partial charge in [0.2, 0.25) is 5.91 Å². The number of halogens is 1. The number of nitro groups is 1. The monoisotopic (exact) mass is 509 g/mol. The Morgan fingerprint density at radius 3 is 2.71 bits per heavy atom. The zero-order valence-electron chi connectivity index (χ0n) is 17.1. The molecule has 166 valence electrons. The van der Waals surface area contributed by atoms with Crippen molar-refractivity contribution in [3.63, 3.8) is 0 Å². The minimum Gasteiger partial charge on any atom is -0.310 e. The number of aliphatic imine (C=N–C) groups is 1. The summed E-state index contributed by atoms with van der Waals surface area (Å²) in [7, 11) is -3.78. The molecule has 1 atom stereocenters. The number of nitro benzene ring substituents is 1. The highest BCUT2D eigenvalue weighted by Gasteiger charge is 2.30. The largest absolute Gasteiger partial charge is 0.310 e. The summed E-state index contributed by atoms with van der Waals surface area (Å²) >= 11 is 3.38. The Labute approximate surface area is 189 Å². The topological polar surface area (TPSA) is 119 Å². The van der Waals surface area contributed by atoms with Gasteiger partial charge in [-0.25, -0.2) is 13.4 Å². The molecular formula is C21H24BrN3O5S. The normalized spacial score (nSPS) is 18.1. The van der Waals surface area contributed by atoms with Gasteiger partial charge in [-0.15, -0.1) is 0 Å². The molecule has 0 spiro atoms. The molecular weight excluding hydrogens is 486 g/mol. The zero-order valence-corrected chi connectivity index (χ0v) is 19.5. The van der Waals surface area contributed by atoms with E-state index in [0.29, 0.717) is 30.2 Å². The molecule has 1 unspecified atom stereocenters. The van der Waals surface area contributed by atoms with Gasteiger partial charge in [0.25, 0.3) is 5.69 Å². The van der Waals surface area contributed by atoms with Crippen LogP contribution in [0, 0.1) is 16.0 Å². The second-order valence-electron chi connectivity index (χ2n) is 7.88. The van der Waals surface area contributed by atoms with Crippen LogP contribution in [0.15, 0.2) is 50.9 Å². The number of nitrogens with one attached hydrogen (secondary N) is 1. The van der Waals surface area contributed by atoms with E-state index in [-0.39, 0.29) is 10.8 Å². The van der Waals surface area contributed by atoms with Crippen LogP contribution in [0.2, 0.25) is 0 Å². The van der Waals surface area contributed by atoms with E-state index in [1.165, 1.54) is 18.2 Å². The van der Waals surface area contributed by atoms with E-state index in [1.54, 1.807) is 12.3 Å². The molecule has 1 fully saturated rings. The van der Waals surface area contributed by atoms with Crippen LogP contribution >= 0.6 is 15.9 Å². The molecule has 31 heavy (non-hydrogen) atoms. The number of amidine groups is 1. The molecule has 3 rings (SSSR count). The van der Waals surface area contributed by atoms with E-state index in [2.05, 4.69) is 26.2 Å². The van der Waals surface area contributed by atoms with Crippen LogP contribution in [-0.4, -0.2) is 31.3 Å². The van der Waals surface area contributed by atoms with Crippen LogP contribution in [0.25, 0.3) is 0 Å². The maximum absolute atomic E-state index is 13.2. The Hall–Kier alpha value is -2.33. The summed E-state index contributed by atoms with van der Waals surface area (Å²) in [5, 5.41) is 14.4. The van der Waals surface area contributed by atoms with E-state index in [9.17, 15) is 23.3 Å². The van der Waals surface area contributed by atoms with Crippen molar-refractivity contribution in [2.24, 2.45) is 10.9 Å². The first-order chi connectivity index (χ1) is 14.6. The maximum Gasteiger partial charge on any atom is 0.288 e. The maximum atomic E-state index is 13.2. The average Bonchev–Trinajstić information content (AvgIpc) is 3.14. The minimum absolute atomic E-state index is 0.317. The highest BCUT2D eigenvalue weighted by atomic mass is 79.9. The lowest BCUT2D eigenvalue weighted by molar-refractivity contribution is -0.387. The second kappa shape index (κ2) is 9.86. The number of benzene rings is 1. The SMILES string of the molecule is CS(=O)(=O)c1ccc(C(CC2CCCC2)C(=O)NC2=NC=C(Br)CC=C2)cc1[N+](=O)[O-]. The highest BCUT2D eigenvalue weighted by molar-refractivity contribution is 9.11. The first-order valence-electron chi connectivity index (χ1n) is 10.0. The number of hydrogen-bond donors (Lipinski definition) is 1. The molecule has 10 heteroatoms. The Balaban J connectivity index is 1.96. The summed E-state index contributed by atoms with van der Waals surface area (Å²) in [6.45, 7) is 0. The molecule has 1 aromatic rings. The minimum atomic E-state index is -3.78. The predicted octanol–water partition coefficient (Wildman–Crippen LogP) is 4.37. The van der Waals surface area contributed by atoms with Crippen LogP contribution in [0.3, 0.4) is 0 Å². The molecule has 1 saturated carbocycles. The van der Waals surface area contributed by atoms with E-state index >= 15 is 0 Å². The predicted molar refractivity (Wildman–Crippen MR) is 122 cm³/mol. The molecule has 0 saturated heterocycles. The van der Waals surface area contributed by atoms with Crippen molar-refractivity contribution in [1.82, 2.24) is 5.32 Å². The third kappa shape index (κ3) is 6.10. The highest BCUT2D eigenvalue weighted by Crippen LogP contribution is 2.36. The molecule has 1 aromatic carbocycles. The molecule has 0 bridgehead atoms. The Morgan fingerprint density at radius 1 is 1.35 bits per heavy atom. The van der Waals surface area contributed by atoms with Crippen LogP contribution in [0.4, 0.5) is 5.69 Å². The van der Waals surface area contributed by atoms with Gasteiger partial charge in [-0.3, -0.25) is 14.9 Å². The van der Waals surface area contributed by atoms with Crippen molar-refractivity contribution >= 4 is 43.2 Å². The Bertz CT molecular complexity index is 1070. The lowest BCUT2D eigenvalue weighted by atomic mass is 9.87. The van der Waals surface area contributed by atoms with Gasteiger partial charge in [0.15, 0.2) is 9.84 Å². The van der Waals surface area contributed by atoms with Crippen LogP contribution in [0.5, 0.6) is 0 Å². The van der Waals surface area contributed by atoms with Crippen LogP contribution in [0.1, 0.15) is 50.0 Å². The smallest absolute Gasteiger partial charge is 0.288 e. The first-order valence-corrected chi connectivity index (χ1v) is 12.7. The number of carbonyl (C=O) groups is 1. The third-order valence-corrected chi connectivity index (χ3v) is 7.20. The van der Waals surface area contributed by atoms with Crippen LogP contribution in [-0.2, 0) is 14.6 Å². The molecule has 2 aliphatic rings. The number of rotatable bonds is 6. The fraction of sp³-hybridized carbons (Fsp3) is 0.429. The quantitative estimate of drug-likeness (QED) is 0.450. The van der Waals surface area contributed by atoms with E-state index in [1.807, 2.05) is 6.08 Å². The third-order valence-electron chi connectivity index (χ3n) is 5.53. The molecule has 0 aromatic heterocycles. The van der Waals surface area contributed by atoms with Gasteiger partial charge in [0, 0.05) is 23.0 Å². The summed E-state index contributed by atoms with van der Waals surface area (Å²) in [4.78, 5) is 27.9. The molecule has 1 N–H and O–H groups in total. The van der Waals surface area contributed by atoms with E-state index in [4.69, 9.17) is 0 Å². The van der Waals surface area contributed by atoms with Gasteiger partial charge in [0.05, 0.1) is 10.8 Å². The summed E-state index contributed by atoms with van der Waals surface area (Å²) in [5.41, 5.74) is -0.0822. The number of sulfone groups is 1. The lowest BCUT2D eigenvalue weighted by Gasteiger charge is -2.21. The number of carbonyl (C=O) groups excluding carboxylic acids is 1. The molecule has 1 aliphatic carbocycles. The fourth-order valence-corrected chi connectivity index (χ4v) is 5.10. The van der Waals surface area contributed by atoms with Gasteiger partial charge in [-0.1, -0.05) is 53.8 Å². The summed E-state index contributed by atoms with van der Waals surface area (Å²) in [5.74, 6) is -0.242. The second-order valence-corrected chi connectivity index (χ2v) is 10.9. The van der Waals surface area contributed by atoms with Gasteiger partial charge in [-0.2, -0.15) is 0 Å². The van der Waals surface area contributed by atoms with Crippen molar-refractivity contribution in [2.45, 2.75) is 49.3 Å². The van der Waals surface area contributed by atoms with Crippen molar-refractivity contribution in [2.75, 3.05) is 6.26 Å². The number of nitrogens with zero attached hydrogens (tertiary/aromatic N) is 2. The standard InChI is InChI=1S/C21H24BrN3O5S/c1-31(29,30)19-10-9-15(12-18(19)25(27)28)17(11-14-5-2-3-6-14)21(26)24-20-8-4-7-16(22)13-23-20/h4,8-10,12-14,17H,2-3,5-7,11H2,1H3,(H,23,24,26). The van der Waals surface area contributed by atoms with Gasteiger partial charge in [-0.05, 0) is 36.5 Å². The Kier molecular flexibility index (Phi) is 7.42. The fourth-order valence-electron chi connectivity index (χ4n) is 3.99. The number of hydrogen-bond acceptors (Lipinski definition) is 6. The van der Waals surface area contributed by atoms with E-state index in [0.717, 1.165) is 36.4 Å². The Morgan fingerprint density at radius 2 is 2.06 bits per heavy atom. The molecule has 1 amide bonds. The van der Waals surface area contributed by atoms with Crippen LogP contribution < -0.4 is 5.32 Å².